The van der Waals surface area contributed by atoms with E-state index in [4.69, 9.17) is 0 Å². The molecule has 1 rings (SSSR count). The lowest BCUT2D eigenvalue weighted by molar-refractivity contribution is 0.529. The standard InChI is InChI=1S/C12H23N3/c1-6-13-9(2)7-8-12-10(3)14-15(5)11(12)4/h9,13H,6-8H2,1-5H3. The predicted molar refractivity (Wildman–Crippen MR) is 64.1 cm³/mol. The predicted octanol–water partition coefficient (Wildman–Crippen LogP) is 1.97. The van der Waals surface area contributed by atoms with Crippen molar-refractivity contribution in [3.63, 3.8) is 0 Å². The van der Waals surface area contributed by atoms with Crippen LogP contribution in [0.4, 0.5) is 0 Å². The van der Waals surface area contributed by atoms with Gasteiger partial charge in [-0.05, 0) is 45.7 Å². The maximum Gasteiger partial charge on any atom is 0.0628 e. The molecule has 0 saturated carbocycles. The molecule has 3 nitrogen and oxygen atoms in total. The Bertz CT molecular complexity index is 315. The van der Waals surface area contributed by atoms with E-state index in [0.717, 1.165) is 13.0 Å². The van der Waals surface area contributed by atoms with E-state index in [2.05, 4.69) is 38.1 Å². The molecule has 1 N–H and O–H groups in total. The highest BCUT2D eigenvalue weighted by Crippen LogP contribution is 2.14. The maximum absolute atomic E-state index is 4.43. The summed E-state index contributed by atoms with van der Waals surface area (Å²) in [5, 5.41) is 7.87. The van der Waals surface area contributed by atoms with E-state index in [1.165, 1.54) is 23.4 Å². The molecule has 0 fully saturated rings. The second-order valence-corrected chi connectivity index (χ2v) is 4.27. The van der Waals surface area contributed by atoms with Gasteiger partial charge in [-0.1, -0.05) is 6.92 Å². The fourth-order valence-corrected chi connectivity index (χ4v) is 1.99. The summed E-state index contributed by atoms with van der Waals surface area (Å²) in [6.07, 6.45) is 2.31. The van der Waals surface area contributed by atoms with E-state index in [1.807, 2.05) is 11.7 Å². The van der Waals surface area contributed by atoms with E-state index >= 15 is 0 Å². The van der Waals surface area contributed by atoms with E-state index in [1.54, 1.807) is 0 Å². The molecule has 0 aromatic carbocycles. The number of rotatable bonds is 5. The van der Waals surface area contributed by atoms with E-state index in [9.17, 15) is 0 Å². The molecule has 0 aliphatic heterocycles. The topological polar surface area (TPSA) is 29.9 Å². The van der Waals surface area contributed by atoms with Gasteiger partial charge in [-0.25, -0.2) is 0 Å². The number of hydrogen-bond donors (Lipinski definition) is 1. The van der Waals surface area contributed by atoms with Crippen molar-refractivity contribution in [1.82, 2.24) is 15.1 Å². The van der Waals surface area contributed by atoms with Crippen LogP contribution in [0.25, 0.3) is 0 Å². The fraction of sp³-hybridized carbons (Fsp3) is 0.750. The number of nitrogens with one attached hydrogen (secondary N) is 1. The molecule has 0 saturated heterocycles. The average molecular weight is 209 g/mol. The Hall–Kier alpha value is -0.830. The molecule has 1 atom stereocenters. The Labute approximate surface area is 92.9 Å². The van der Waals surface area contributed by atoms with Gasteiger partial charge in [0.25, 0.3) is 0 Å². The quantitative estimate of drug-likeness (QED) is 0.803. The van der Waals surface area contributed by atoms with Gasteiger partial charge >= 0.3 is 0 Å². The molecule has 0 bridgehead atoms. The SMILES string of the molecule is CCNC(C)CCc1c(C)nn(C)c1C. The highest BCUT2D eigenvalue weighted by atomic mass is 15.3. The van der Waals surface area contributed by atoms with Crippen molar-refractivity contribution in [3.05, 3.63) is 17.0 Å². The molecule has 0 amide bonds. The van der Waals surface area contributed by atoms with Gasteiger partial charge in [-0.3, -0.25) is 4.68 Å². The first-order chi connectivity index (χ1) is 7.06. The minimum absolute atomic E-state index is 0.592. The molecule has 0 aliphatic rings. The molecular weight excluding hydrogens is 186 g/mol. The van der Waals surface area contributed by atoms with Crippen LogP contribution in [0.5, 0.6) is 0 Å². The van der Waals surface area contributed by atoms with Crippen LogP contribution in [-0.4, -0.2) is 22.4 Å². The third kappa shape index (κ3) is 3.06. The summed E-state index contributed by atoms with van der Waals surface area (Å²) >= 11 is 0. The minimum Gasteiger partial charge on any atom is -0.315 e. The lowest BCUT2D eigenvalue weighted by Gasteiger charge is -2.11. The molecule has 1 heterocycles. The normalized spacial score (nSPS) is 13.1. The van der Waals surface area contributed by atoms with Crippen molar-refractivity contribution in [2.24, 2.45) is 7.05 Å². The van der Waals surface area contributed by atoms with Crippen LogP contribution in [0.15, 0.2) is 0 Å². The van der Waals surface area contributed by atoms with Crippen LogP contribution in [0.1, 0.15) is 37.2 Å². The zero-order valence-electron chi connectivity index (χ0n) is 10.6. The summed E-state index contributed by atoms with van der Waals surface area (Å²) in [7, 11) is 2.01. The molecule has 0 aliphatic carbocycles. The van der Waals surface area contributed by atoms with Crippen molar-refractivity contribution in [3.8, 4) is 0 Å². The van der Waals surface area contributed by atoms with Crippen molar-refractivity contribution >= 4 is 0 Å². The van der Waals surface area contributed by atoms with Gasteiger partial charge in [-0.2, -0.15) is 5.10 Å². The monoisotopic (exact) mass is 209 g/mol. The lowest BCUT2D eigenvalue weighted by atomic mass is 10.0. The Morgan fingerprint density at radius 3 is 2.53 bits per heavy atom. The van der Waals surface area contributed by atoms with Crippen LogP contribution in [0.2, 0.25) is 0 Å². The van der Waals surface area contributed by atoms with Crippen LogP contribution in [0.3, 0.4) is 0 Å². The smallest absolute Gasteiger partial charge is 0.0628 e. The summed E-state index contributed by atoms with van der Waals surface area (Å²) in [5.41, 5.74) is 3.90. The van der Waals surface area contributed by atoms with Crippen LogP contribution < -0.4 is 5.32 Å². The number of aryl methyl sites for hydroxylation is 2. The first kappa shape index (κ1) is 12.2. The summed E-state index contributed by atoms with van der Waals surface area (Å²) in [6.45, 7) is 9.68. The largest absolute Gasteiger partial charge is 0.315 e. The molecule has 3 heteroatoms. The van der Waals surface area contributed by atoms with Crippen molar-refractivity contribution in [1.29, 1.82) is 0 Å². The van der Waals surface area contributed by atoms with E-state index in [-0.39, 0.29) is 0 Å². The van der Waals surface area contributed by atoms with Gasteiger partial charge in [0.15, 0.2) is 0 Å². The minimum atomic E-state index is 0.592. The number of nitrogens with zero attached hydrogens (tertiary/aromatic N) is 2. The first-order valence-corrected chi connectivity index (χ1v) is 5.78. The van der Waals surface area contributed by atoms with Crippen LogP contribution in [-0.2, 0) is 13.5 Å². The van der Waals surface area contributed by atoms with Gasteiger partial charge < -0.3 is 5.32 Å². The van der Waals surface area contributed by atoms with E-state index < -0.39 is 0 Å². The zero-order valence-corrected chi connectivity index (χ0v) is 10.6. The molecule has 1 unspecified atom stereocenters. The summed E-state index contributed by atoms with van der Waals surface area (Å²) in [5.74, 6) is 0. The molecule has 0 spiro atoms. The van der Waals surface area contributed by atoms with Gasteiger partial charge in [0.2, 0.25) is 0 Å². The average Bonchev–Trinajstić information content (AvgIpc) is 2.40. The number of hydrogen-bond acceptors (Lipinski definition) is 2. The van der Waals surface area contributed by atoms with Gasteiger partial charge in [-0.15, -0.1) is 0 Å². The summed E-state index contributed by atoms with van der Waals surface area (Å²) < 4.78 is 1.97. The second-order valence-electron chi connectivity index (χ2n) is 4.27. The summed E-state index contributed by atoms with van der Waals surface area (Å²) in [6, 6.07) is 0.592. The molecule has 1 aromatic heterocycles. The Balaban J connectivity index is 2.57. The van der Waals surface area contributed by atoms with Gasteiger partial charge in [0.05, 0.1) is 5.69 Å². The maximum atomic E-state index is 4.43. The summed E-state index contributed by atoms with van der Waals surface area (Å²) in [4.78, 5) is 0. The third-order valence-corrected chi connectivity index (χ3v) is 3.04. The third-order valence-electron chi connectivity index (χ3n) is 3.04. The second kappa shape index (κ2) is 5.31. The molecular formula is C12H23N3. The van der Waals surface area contributed by atoms with E-state index in [0.29, 0.717) is 6.04 Å². The van der Waals surface area contributed by atoms with Crippen LogP contribution in [0, 0.1) is 13.8 Å². The number of aromatic nitrogens is 2. The molecule has 1 aromatic rings. The lowest BCUT2D eigenvalue weighted by Crippen LogP contribution is -2.26. The highest BCUT2D eigenvalue weighted by molar-refractivity contribution is 5.24. The van der Waals surface area contributed by atoms with Crippen LogP contribution >= 0.6 is 0 Å². The zero-order chi connectivity index (χ0) is 11.4. The molecule has 86 valence electrons. The Morgan fingerprint density at radius 1 is 1.40 bits per heavy atom. The fourth-order valence-electron chi connectivity index (χ4n) is 1.99. The first-order valence-electron chi connectivity index (χ1n) is 5.78. The van der Waals surface area contributed by atoms with Gasteiger partial charge in [0.1, 0.15) is 0 Å². The van der Waals surface area contributed by atoms with Crippen molar-refractivity contribution in [2.45, 2.75) is 46.6 Å². The molecule has 15 heavy (non-hydrogen) atoms. The van der Waals surface area contributed by atoms with Gasteiger partial charge in [0, 0.05) is 18.8 Å². The van der Waals surface area contributed by atoms with Crippen molar-refractivity contribution in [2.75, 3.05) is 6.54 Å². The highest BCUT2D eigenvalue weighted by Gasteiger charge is 2.10. The molecule has 0 radical (unpaired) electrons. The van der Waals surface area contributed by atoms with Crippen molar-refractivity contribution < 1.29 is 0 Å². The Morgan fingerprint density at radius 2 is 2.07 bits per heavy atom. The Kier molecular flexibility index (Phi) is 4.33.